The maximum Gasteiger partial charge on any atom is 0.222 e. The average Bonchev–Trinajstić information content (AvgIpc) is 3.24. The summed E-state index contributed by atoms with van der Waals surface area (Å²) in [6.45, 7) is 8.29. The number of benzene rings is 1. The molecule has 1 amide bonds. The summed E-state index contributed by atoms with van der Waals surface area (Å²) in [4.78, 5) is 17.0. The molecule has 0 saturated carbocycles. The van der Waals surface area contributed by atoms with Gasteiger partial charge in [0.2, 0.25) is 5.91 Å². The van der Waals surface area contributed by atoms with Crippen LogP contribution in [0.3, 0.4) is 0 Å². The molecule has 0 spiro atoms. The molecule has 1 saturated heterocycles. The van der Waals surface area contributed by atoms with Crippen LogP contribution >= 0.6 is 11.3 Å². The van der Waals surface area contributed by atoms with Crippen molar-refractivity contribution in [3.8, 4) is 0 Å². The quantitative estimate of drug-likeness (QED) is 0.673. The fourth-order valence-electron chi connectivity index (χ4n) is 3.80. The van der Waals surface area contributed by atoms with Gasteiger partial charge in [-0.1, -0.05) is 23.4 Å². The Morgan fingerprint density at radius 3 is 2.70 bits per heavy atom. The van der Waals surface area contributed by atoms with E-state index >= 15 is 0 Å². The molecule has 3 heterocycles. The molecule has 0 aliphatic carbocycles. The van der Waals surface area contributed by atoms with Gasteiger partial charge in [0, 0.05) is 49.4 Å². The predicted molar refractivity (Wildman–Crippen MR) is 108 cm³/mol. The lowest BCUT2D eigenvalue weighted by atomic mass is 10.1. The number of hydrogen-bond donors (Lipinski definition) is 0. The van der Waals surface area contributed by atoms with E-state index in [-0.39, 0.29) is 5.91 Å². The minimum absolute atomic E-state index is 0.232. The predicted octanol–water partition coefficient (Wildman–Crippen LogP) is 3.78. The summed E-state index contributed by atoms with van der Waals surface area (Å²) >= 11 is 1.81. The zero-order valence-electron chi connectivity index (χ0n) is 15.9. The normalized spacial score (nSPS) is 15.6. The largest absolute Gasteiger partial charge is 0.361 e. The Balaban J connectivity index is 1.29. The minimum Gasteiger partial charge on any atom is -0.361 e. The van der Waals surface area contributed by atoms with Crippen molar-refractivity contribution in [1.29, 1.82) is 0 Å². The van der Waals surface area contributed by atoms with Gasteiger partial charge in [0.15, 0.2) is 0 Å². The molecule has 0 N–H and O–H groups in total. The molecule has 4 rings (SSSR count). The minimum atomic E-state index is 0.232. The molecule has 0 bridgehead atoms. The van der Waals surface area contributed by atoms with Crippen molar-refractivity contribution in [2.24, 2.45) is 0 Å². The molecule has 2 aromatic heterocycles. The Labute approximate surface area is 163 Å². The molecule has 1 aliphatic rings. The first-order valence-corrected chi connectivity index (χ1v) is 10.4. The molecular weight excluding hydrogens is 358 g/mol. The molecule has 0 unspecified atom stereocenters. The van der Waals surface area contributed by atoms with Crippen molar-refractivity contribution >= 4 is 27.3 Å². The first-order chi connectivity index (χ1) is 13.1. The van der Waals surface area contributed by atoms with Crippen LogP contribution in [-0.4, -0.2) is 47.0 Å². The Hall–Kier alpha value is -2.18. The molecule has 1 aromatic carbocycles. The summed E-state index contributed by atoms with van der Waals surface area (Å²) < 4.78 is 6.53. The molecule has 1 aliphatic heterocycles. The zero-order chi connectivity index (χ0) is 18.8. The highest BCUT2D eigenvalue weighted by atomic mass is 32.1. The van der Waals surface area contributed by atoms with E-state index in [1.165, 1.54) is 15.6 Å². The van der Waals surface area contributed by atoms with Gasteiger partial charge >= 0.3 is 0 Å². The van der Waals surface area contributed by atoms with Crippen LogP contribution in [0.4, 0.5) is 0 Å². The highest BCUT2D eigenvalue weighted by molar-refractivity contribution is 7.17. The Morgan fingerprint density at radius 2 is 1.96 bits per heavy atom. The molecule has 3 aromatic rings. The van der Waals surface area contributed by atoms with Gasteiger partial charge in [-0.15, -0.1) is 11.3 Å². The highest BCUT2D eigenvalue weighted by Gasteiger charge is 2.22. The van der Waals surface area contributed by atoms with E-state index in [0.717, 1.165) is 49.7 Å². The van der Waals surface area contributed by atoms with Crippen molar-refractivity contribution in [3.05, 3.63) is 52.2 Å². The fraction of sp³-hybridized carbons (Fsp3) is 0.429. The van der Waals surface area contributed by atoms with Gasteiger partial charge in [-0.2, -0.15) is 0 Å². The van der Waals surface area contributed by atoms with Gasteiger partial charge in [0.25, 0.3) is 0 Å². The van der Waals surface area contributed by atoms with E-state index in [0.29, 0.717) is 12.8 Å². The number of fused-ring (bicyclic) bond motifs is 1. The van der Waals surface area contributed by atoms with Gasteiger partial charge < -0.3 is 9.42 Å². The van der Waals surface area contributed by atoms with Crippen molar-refractivity contribution < 1.29 is 9.32 Å². The number of amides is 1. The van der Waals surface area contributed by atoms with Crippen molar-refractivity contribution in [2.75, 3.05) is 26.2 Å². The topological polar surface area (TPSA) is 49.6 Å². The number of thiophene rings is 1. The van der Waals surface area contributed by atoms with Gasteiger partial charge in [-0.25, -0.2) is 0 Å². The monoisotopic (exact) mass is 383 g/mol. The van der Waals surface area contributed by atoms with E-state index in [4.69, 9.17) is 4.52 Å². The molecule has 6 heteroatoms. The average molecular weight is 384 g/mol. The maximum absolute atomic E-state index is 12.6. The number of carbonyl (C=O) groups excluding carboxylic acids is 1. The number of carbonyl (C=O) groups is 1. The Morgan fingerprint density at radius 1 is 1.19 bits per heavy atom. The van der Waals surface area contributed by atoms with Crippen LogP contribution in [-0.2, 0) is 17.8 Å². The first-order valence-electron chi connectivity index (χ1n) is 9.49. The van der Waals surface area contributed by atoms with Gasteiger partial charge in [-0.05, 0) is 42.7 Å². The van der Waals surface area contributed by atoms with E-state index in [2.05, 4.69) is 39.7 Å². The maximum atomic E-state index is 12.6. The zero-order valence-corrected chi connectivity index (χ0v) is 16.7. The van der Waals surface area contributed by atoms with Gasteiger partial charge in [0.05, 0.1) is 5.69 Å². The smallest absolute Gasteiger partial charge is 0.222 e. The molecule has 1 fully saturated rings. The van der Waals surface area contributed by atoms with Crippen LogP contribution in [0.1, 0.15) is 29.0 Å². The summed E-state index contributed by atoms with van der Waals surface area (Å²) in [5.74, 6) is 1.06. The fourth-order valence-corrected chi connectivity index (χ4v) is 4.75. The van der Waals surface area contributed by atoms with E-state index < -0.39 is 0 Å². The number of nitrogens with zero attached hydrogens (tertiary/aromatic N) is 3. The summed E-state index contributed by atoms with van der Waals surface area (Å²) in [5, 5.41) is 7.60. The first kappa shape index (κ1) is 18.2. The van der Waals surface area contributed by atoms with Crippen molar-refractivity contribution in [2.45, 2.75) is 33.2 Å². The van der Waals surface area contributed by atoms with Crippen molar-refractivity contribution in [3.63, 3.8) is 0 Å². The molecule has 0 radical (unpaired) electrons. The Bertz CT molecular complexity index is 918. The number of aryl methyl sites for hydroxylation is 2. The van der Waals surface area contributed by atoms with Crippen LogP contribution in [0.5, 0.6) is 0 Å². The molecule has 27 heavy (non-hydrogen) atoms. The van der Waals surface area contributed by atoms with Crippen LogP contribution in [0, 0.1) is 13.8 Å². The second kappa shape index (κ2) is 7.82. The SMILES string of the molecule is Cc1noc(C)c1CCC(=O)N1CCN(Cc2csc3ccccc23)CC1. The number of rotatable bonds is 5. The van der Waals surface area contributed by atoms with Gasteiger partial charge in [-0.3, -0.25) is 9.69 Å². The second-order valence-electron chi connectivity index (χ2n) is 7.22. The lowest BCUT2D eigenvalue weighted by Crippen LogP contribution is -2.48. The number of piperazine rings is 1. The summed E-state index contributed by atoms with van der Waals surface area (Å²) in [7, 11) is 0. The van der Waals surface area contributed by atoms with E-state index in [1.807, 2.05) is 30.1 Å². The summed E-state index contributed by atoms with van der Waals surface area (Å²) in [6.07, 6.45) is 1.24. The third kappa shape index (κ3) is 3.92. The van der Waals surface area contributed by atoms with Crippen molar-refractivity contribution in [1.82, 2.24) is 15.0 Å². The summed E-state index contributed by atoms with van der Waals surface area (Å²) in [5.41, 5.74) is 3.37. The molecule has 0 atom stereocenters. The van der Waals surface area contributed by atoms with E-state index in [9.17, 15) is 4.79 Å². The third-order valence-corrected chi connectivity index (χ3v) is 6.46. The van der Waals surface area contributed by atoms with Crippen LogP contribution < -0.4 is 0 Å². The number of hydrogen-bond acceptors (Lipinski definition) is 5. The van der Waals surface area contributed by atoms with Gasteiger partial charge in [0.1, 0.15) is 5.76 Å². The lowest BCUT2D eigenvalue weighted by Gasteiger charge is -2.34. The Kier molecular flexibility index (Phi) is 5.27. The third-order valence-electron chi connectivity index (χ3n) is 5.45. The van der Waals surface area contributed by atoms with Crippen LogP contribution in [0.25, 0.3) is 10.1 Å². The second-order valence-corrected chi connectivity index (χ2v) is 8.13. The highest BCUT2D eigenvalue weighted by Crippen LogP contribution is 2.27. The lowest BCUT2D eigenvalue weighted by molar-refractivity contribution is -0.132. The molecule has 5 nitrogen and oxygen atoms in total. The van der Waals surface area contributed by atoms with Crippen LogP contribution in [0.2, 0.25) is 0 Å². The number of aromatic nitrogens is 1. The van der Waals surface area contributed by atoms with E-state index in [1.54, 1.807) is 0 Å². The standard InChI is InChI=1S/C21H25N3O2S/c1-15-18(16(2)26-22-15)7-8-21(25)24-11-9-23(10-12-24)13-17-14-27-20-6-4-3-5-19(17)20/h3-6,14H,7-13H2,1-2H3. The molecule has 142 valence electrons. The summed E-state index contributed by atoms with van der Waals surface area (Å²) in [6, 6.07) is 8.58. The van der Waals surface area contributed by atoms with Crippen LogP contribution in [0.15, 0.2) is 34.2 Å². The molecular formula is C21H25N3O2S.